The Bertz CT molecular complexity index is 688. The van der Waals surface area contributed by atoms with Gasteiger partial charge in [0, 0.05) is 10.6 Å². The second-order valence-corrected chi connectivity index (χ2v) is 5.42. The predicted molar refractivity (Wildman–Crippen MR) is 85.8 cm³/mol. The van der Waals surface area contributed by atoms with Crippen molar-refractivity contribution in [3.63, 3.8) is 0 Å². The van der Waals surface area contributed by atoms with Crippen molar-refractivity contribution < 1.29 is 9.13 Å². The van der Waals surface area contributed by atoms with Crippen molar-refractivity contribution in [2.24, 2.45) is 0 Å². The molecule has 0 saturated carbocycles. The van der Waals surface area contributed by atoms with Gasteiger partial charge < -0.3 is 4.74 Å². The third-order valence-corrected chi connectivity index (χ3v) is 4.07. The van der Waals surface area contributed by atoms with Gasteiger partial charge in [-0.1, -0.05) is 36.7 Å². The van der Waals surface area contributed by atoms with Gasteiger partial charge >= 0.3 is 0 Å². The maximum Gasteiger partial charge on any atom is 0.127 e. The van der Waals surface area contributed by atoms with E-state index in [-0.39, 0.29) is 12.2 Å². The zero-order chi connectivity index (χ0) is 16.1. The van der Waals surface area contributed by atoms with Crippen LogP contribution in [0.25, 0.3) is 0 Å². The topological polar surface area (TPSA) is 33.0 Å². The Hall–Kier alpha value is -2.05. The molecule has 0 N–H and O–H groups in total. The molecule has 0 heterocycles. The van der Waals surface area contributed by atoms with Crippen molar-refractivity contribution in [2.45, 2.75) is 25.7 Å². The highest BCUT2D eigenvalue weighted by Crippen LogP contribution is 2.29. The molecule has 0 saturated heterocycles. The van der Waals surface area contributed by atoms with Gasteiger partial charge in [0.2, 0.25) is 0 Å². The van der Waals surface area contributed by atoms with Gasteiger partial charge in [-0.2, -0.15) is 5.26 Å². The lowest BCUT2D eigenvalue weighted by Crippen LogP contribution is -2.04. The molecule has 114 valence electrons. The molecule has 0 fully saturated rings. The van der Waals surface area contributed by atoms with Crippen LogP contribution in [0.5, 0.6) is 5.75 Å². The summed E-state index contributed by atoms with van der Waals surface area (Å²) < 4.78 is 19.2. The number of nitrogens with zero attached hydrogens (tertiary/aromatic N) is 1. The minimum atomic E-state index is -0.453. The van der Waals surface area contributed by atoms with Crippen LogP contribution in [0.15, 0.2) is 36.4 Å². The first-order chi connectivity index (χ1) is 10.6. The van der Waals surface area contributed by atoms with Crippen molar-refractivity contribution in [3.05, 3.63) is 63.9 Å². The summed E-state index contributed by atoms with van der Waals surface area (Å²) in [7, 11) is 1.62. The molecule has 0 aliphatic rings. The highest BCUT2D eigenvalue weighted by Gasteiger charge is 2.17. The summed E-state index contributed by atoms with van der Waals surface area (Å²) in [6.45, 7) is 2.02. The molecular formula is C18H17ClFNO. The largest absolute Gasteiger partial charge is 0.496 e. The standard InChI is InChI=1S/C18H17ClFNO/c1-3-12-9-13(7-8-18(12)22-2)14(11-21)10-15-16(19)5-4-6-17(15)20/h4-9,14H,3,10H2,1-2H3. The van der Waals surface area contributed by atoms with Crippen LogP contribution in [0.2, 0.25) is 5.02 Å². The van der Waals surface area contributed by atoms with Crippen molar-refractivity contribution in [3.8, 4) is 11.8 Å². The summed E-state index contributed by atoms with van der Waals surface area (Å²) in [6.07, 6.45) is 1.05. The molecule has 2 nitrogen and oxygen atoms in total. The molecule has 2 aromatic rings. The Balaban J connectivity index is 2.35. The second-order valence-electron chi connectivity index (χ2n) is 5.01. The summed E-state index contributed by atoms with van der Waals surface area (Å²) in [5.74, 6) is -0.0329. The monoisotopic (exact) mass is 317 g/mol. The van der Waals surface area contributed by atoms with E-state index in [9.17, 15) is 9.65 Å². The summed E-state index contributed by atoms with van der Waals surface area (Å²) in [5, 5.41) is 9.82. The Morgan fingerprint density at radius 2 is 2.09 bits per heavy atom. The lowest BCUT2D eigenvalue weighted by Gasteiger charge is -2.14. The Morgan fingerprint density at radius 1 is 1.32 bits per heavy atom. The second kappa shape index (κ2) is 7.29. The molecule has 0 amide bonds. The van der Waals surface area contributed by atoms with E-state index in [0.717, 1.165) is 23.3 Å². The Morgan fingerprint density at radius 3 is 2.68 bits per heavy atom. The van der Waals surface area contributed by atoms with Crippen LogP contribution in [0.1, 0.15) is 29.5 Å². The summed E-state index contributed by atoms with van der Waals surface area (Å²) in [4.78, 5) is 0. The van der Waals surface area contributed by atoms with E-state index >= 15 is 0 Å². The molecule has 0 aromatic heterocycles. The predicted octanol–water partition coefficient (Wildman–Crippen LogP) is 4.90. The lowest BCUT2D eigenvalue weighted by atomic mass is 9.91. The van der Waals surface area contributed by atoms with Crippen LogP contribution < -0.4 is 4.74 Å². The summed E-state index contributed by atoms with van der Waals surface area (Å²) in [5.41, 5.74) is 2.25. The molecule has 0 spiro atoms. The van der Waals surface area contributed by atoms with Gasteiger partial charge in [-0.3, -0.25) is 0 Å². The summed E-state index contributed by atoms with van der Waals surface area (Å²) >= 11 is 6.05. The third-order valence-electron chi connectivity index (χ3n) is 3.71. The Kier molecular flexibility index (Phi) is 5.41. The van der Waals surface area contributed by atoms with Gasteiger partial charge in [-0.15, -0.1) is 0 Å². The highest BCUT2D eigenvalue weighted by atomic mass is 35.5. The number of rotatable bonds is 5. The molecule has 4 heteroatoms. The van der Waals surface area contributed by atoms with Crippen LogP contribution in [-0.2, 0) is 12.8 Å². The number of methoxy groups -OCH3 is 1. The zero-order valence-corrected chi connectivity index (χ0v) is 13.3. The van der Waals surface area contributed by atoms with Crippen LogP contribution in [0, 0.1) is 17.1 Å². The van der Waals surface area contributed by atoms with Gasteiger partial charge in [0.15, 0.2) is 0 Å². The fraction of sp³-hybridized carbons (Fsp3) is 0.278. The molecule has 22 heavy (non-hydrogen) atoms. The molecule has 2 aromatic carbocycles. The molecule has 0 radical (unpaired) electrons. The van der Waals surface area contributed by atoms with E-state index in [1.807, 2.05) is 25.1 Å². The number of nitriles is 1. The fourth-order valence-corrected chi connectivity index (χ4v) is 2.70. The third kappa shape index (κ3) is 3.40. The average Bonchev–Trinajstić information content (AvgIpc) is 2.54. The number of hydrogen-bond acceptors (Lipinski definition) is 2. The number of benzene rings is 2. The minimum absolute atomic E-state index is 0.248. The molecule has 0 aliphatic carbocycles. The average molecular weight is 318 g/mol. The van der Waals surface area contributed by atoms with Crippen molar-refractivity contribution in [2.75, 3.05) is 7.11 Å². The first-order valence-corrected chi connectivity index (χ1v) is 7.47. The Labute approximate surface area is 135 Å². The maximum absolute atomic E-state index is 13.9. The van der Waals surface area contributed by atoms with E-state index in [1.54, 1.807) is 19.2 Å². The molecule has 0 aliphatic heterocycles. The van der Waals surface area contributed by atoms with Gasteiger partial charge in [0.05, 0.1) is 19.1 Å². The van der Waals surface area contributed by atoms with Crippen molar-refractivity contribution in [1.29, 1.82) is 5.26 Å². The SMILES string of the molecule is CCc1cc(C(C#N)Cc2c(F)cccc2Cl)ccc1OC. The normalized spacial score (nSPS) is 11.8. The first kappa shape index (κ1) is 16.3. The van der Waals surface area contributed by atoms with Crippen LogP contribution in [-0.4, -0.2) is 7.11 Å². The molecule has 2 rings (SSSR count). The molecule has 1 atom stereocenters. The van der Waals surface area contributed by atoms with E-state index < -0.39 is 5.92 Å². The van der Waals surface area contributed by atoms with Crippen LogP contribution in [0.3, 0.4) is 0 Å². The number of hydrogen-bond donors (Lipinski definition) is 0. The maximum atomic E-state index is 13.9. The van der Waals surface area contributed by atoms with Crippen LogP contribution in [0.4, 0.5) is 4.39 Å². The van der Waals surface area contributed by atoms with Crippen molar-refractivity contribution in [1.82, 2.24) is 0 Å². The van der Waals surface area contributed by atoms with Crippen molar-refractivity contribution >= 4 is 11.6 Å². The highest BCUT2D eigenvalue weighted by molar-refractivity contribution is 6.31. The minimum Gasteiger partial charge on any atom is -0.496 e. The lowest BCUT2D eigenvalue weighted by molar-refractivity contribution is 0.410. The van der Waals surface area contributed by atoms with Gasteiger partial charge in [-0.25, -0.2) is 4.39 Å². The summed E-state index contributed by atoms with van der Waals surface area (Å²) in [6, 6.07) is 12.4. The van der Waals surface area contributed by atoms with Gasteiger partial charge in [-0.05, 0) is 42.2 Å². The first-order valence-electron chi connectivity index (χ1n) is 7.10. The number of ether oxygens (including phenoxy) is 1. The van der Waals surface area contributed by atoms with E-state index in [0.29, 0.717) is 10.6 Å². The van der Waals surface area contributed by atoms with Gasteiger partial charge in [0.1, 0.15) is 11.6 Å². The van der Waals surface area contributed by atoms with E-state index in [4.69, 9.17) is 16.3 Å². The van der Waals surface area contributed by atoms with E-state index in [2.05, 4.69) is 6.07 Å². The fourth-order valence-electron chi connectivity index (χ4n) is 2.46. The molecule has 1 unspecified atom stereocenters. The van der Waals surface area contributed by atoms with E-state index in [1.165, 1.54) is 6.07 Å². The number of halogens is 2. The quantitative estimate of drug-likeness (QED) is 0.785. The smallest absolute Gasteiger partial charge is 0.127 e. The zero-order valence-electron chi connectivity index (χ0n) is 12.6. The van der Waals surface area contributed by atoms with Crippen LogP contribution >= 0.6 is 11.6 Å². The number of aryl methyl sites for hydroxylation is 1. The molecule has 0 bridgehead atoms. The molecular weight excluding hydrogens is 301 g/mol. The van der Waals surface area contributed by atoms with Gasteiger partial charge in [0.25, 0.3) is 0 Å².